The number of nitrogens with zero attached hydrogens (tertiary/aromatic N) is 2. The number of ether oxygens (including phenoxy) is 4. The smallest absolute Gasteiger partial charge is 0.355 e. The lowest BCUT2D eigenvalue weighted by Crippen LogP contribution is -2.41. The number of carbonyl (C=O) groups excluding carboxylic acids is 3. The molecule has 0 saturated heterocycles. The fraction of sp³-hybridized carbons (Fsp3) is 0.188. The lowest BCUT2D eigenvalue weighted by atomic mass is 9.80. The Kier molecular flexibility index (Phi) is 9.32. The highest BCUT2D eigenvalue weighted by Crippen LogP contribution is 2.43. The molecule has 1 heterocycles. The molecular formula is C32H30N4O7. The highest BCUT2D eigenvalue weighted by atomic mass is 16.5. The molecule has 3 N–H and O–H groups in total. The van der Waals surface area contributed by atoms with Crippen LogP contribution in [0.2, 0.25) is 0 Å². The van der Waals surface area contributed by atoms with E-state index in [9.17, 15) is 19.6 Å². The molecule has 43 heavy (non-hydrogen) atoms. The number of nitriles is 1. The predicted octanol–water partition coefficient (Wildman–Crippen LogP) is 3.53. The summed E-state index contributed by atoms with van der Waals surface area (Å²) in [6, 6.07) is 22.4. The highest BCUT2D eigenvalue weighted by molar-refractivity contribution is 6.08. The molecule has 1 aliphatic rings. The summed E-state index contributed by atoms with van der Waals surface area (Å²) < 4.78 is 20.8. The van der Waals surface area contributed by atoms with Crippen molar-refractivity contribution in [2.75, 3.05) is 33.3 Å². The van der Waals surface area contributed by atoms with Gasteiger partial charge in [0.2, 0.25) is 0 Å². The lowest BCUT2D eigenvalue weighted by Gasteiger charge is -2.36. The van der Waals surface area contributed by atoms with Crippen LogP contribution in [0.4, 0.5) is 5.69 Å². The zero-order valence-corrected chi connectivity index (χ0v) is 24.0. The van der Waals surface area contributed by atoms with Gasteiger partial charge in [-0.2, -0.15) is 5.26 Å². The molecule has 0 radical (unpaired) electrons. The molecule has 3 aromatic carbocycles. The SMILES string of the molecule is COC(=O)C1=C(C(=O)OC)N(c2ccccc2C(=O)NCc2ccc(OC)c(OC)c2)C(N)=C(C#N)C1c1ccccc1. The van der Waals surface area contributed by atoms with Gasteiger partial charge in [-0.25, -0.2) is 9.59 Å². The normalized spacial score (nSPS) is 14.5. The van der Waals surface area contributed by atoms with Crippen LogP contribution in [0.1, 0.15) is 27.4 Å². The number of anilines is 1. The summed E-state index contributed by atoms with van der Waals surface area (Å²) in [4.78, 5) is 41.5. The molecule has 0 spiro atoms. The van der Waals surface area contributed by atoms with Gasteiger partial charge in [0.1, 0.15) is 11.5 Å². The number of allylic oxidation sites excluding steroid dienone is 1. The fourth-order valence-electron chi connectivity index (χ4n) is 4.89. The summed E-state index contributed by atoms with van der Waals surface area (Å²) in [5, 5.41) is 13.1. The number of nitrogens with two attached hydrogens (primary N) is 1. The molecular weight excluding hydrogens is 552 g/mol. The van der Waals surface area contributed by atoms with Gasteiger partial charge >= 0.3 is 11.9 Å². The van der Waals surface area contributed by atoms with Crippen molar-refractivity contribution in [2.45, 2.75) is 12.5 Å². The second kappa shape index (κ2) is 13.3. The third kappa shape index (κ3) is 5.85. The Morgan fingerprint density at radius 3 is 2.16 bits per heavy atom. The van der Waals surface area contributed by atoms with Crippen LogP contribution in [0.15, 0.2) is 95.5 Å². The van der Waals surface area contributed by atoms with Crippen molar-refractivity contribution in [1.82, 2.24) is 5.32 Å². The molecule has 1 amide bonds. The largest absolute Gasteiger partial charge is 0.493 e. The Bertz CT molecular complexity index is 1660. The minimum absolute atomic E-state index is 0.0141. The number of hydrogen-bond donors (Lipinski definition) is 2. The van der Waals surface area contributed by atoms with Crippen molar-refractivity contribution >= 4 is 23.5 Å². The summed E-state index contributed by atoms with van der Waals surface area (Å²) in [5.41, 5.74) is 7.68. The molecule has 0 bridgehead atoms. The number of amides is 1. The number of hydrogen-bond acceptors (Lipinski definition) is 10. The molecule has 0 aromatic heterocycles. The van der Waals surface area contributed by atoms with Crippen molar-refractivity contribution < 1.29 is 33.3 Å². The summed E-state index contributed by atoms with van der Waals surface area (Å²) in [7, 11) is 5.36. The number of benzene rings is 3. The molecule has 1 unspecified atom stereocenters. The van der Waals surface area contributed by atoms with Crippen LogP contribution in [0.3, 0.4) is 0 Å². The second-order valence-corrected chi connectivity index (χ2v) is 9.22. The first-order chi connectivity index (χ1) is 20.8. The van der Waals surface area contributed by atoms with Crippen LogP contribution in [-0.2, 0) is 25.6 Å². The Morgan fingerprint density at radius 1 is 0.884 bits per heavy atom. The van der Waals surface area contributed by atoms with E-state index in [-0.39, 0.29) is 40.5 Å². The molecule has 1 atom stereocenters. The van der Waals surface area contributed by atoms with Crippen LogP contribution in [0, 0.1) is 11.3 Å². The van der Waals surface area contributed by atoms with E-state index < -0.39 is 23.8 Å². The van der Waals surface area contributed by atoms with E-state index >= 15 is 0 Å². The van der Waals surface area contributed by atoms with Crippen molar-refractivity contribution in [2.24, 2.45) is 5.73 Å². The van der Waals surface area contributed by atoms with Crippen LogP contribution in [0.5, 0.6) is 11.5 Å². The van der Waals surface area contributed by atoms with E-state index in [2.05, 4.69) is 11.4 Å². The Labute approximate surface area is 248 Å². The van der Waals surface area contributed by atoms with Gasteiger partial charge in [0.25, 0.3) is 5.91 Å². The van der Waals surface area contributed by atoms with Gasteiger partial charge in [0.05, 0.1) is 62.8 Å². The quantitative estimate of drug-likeness (QED) is 0.358. The van der Waals surface area contributed by atoms with Gasteiger partial charge in [0.15, 0.2) is 11.5 Å². The number of carbonyl (C=O) groups is 3. The van der Waals surface area contributed by atoms with Crippen LogP contribution >= 0.6 is 0 Å². The molecule has 4 rings (SSSR count). The van der Waals surface area contributed by atoms with E-state index in [1.807, 2.05) is 0 Å². The molecule has 11 heteroatoms. The van der Waals surface area contributed by atoms with Crippen molar-refractivity contribution in [3.05, 3.63) is 112 Å². The molecule has 11 nitrogen and oxygen atoms in total. The summed E-state index contributed by atoms with van der Waals surface area (Å²) in [6.07, 6.45) is 0. The number of esters is 2. The third-order valence-corrected chi connectivity index (χ3v) is 6.90. The maximum absolute atomic E-state index is 13.6. The first kappa shape index (κ1) is 30.2. The van der Waals surface area contributed by atoms with E-state index in [1.54, 1.807) is 66.7 Å². The molecule has 3 aromatic rings. The van der Waals surface area contributed by atoms with E-state index in [0.29, 0.717) is 17.1 Å². The van der Waals surface area contributed by atoms with Crippen molar-refractivity contribution in [3.8, 4) is 17.6 Å². The van der Waals surface area contributed by atoms with E-state index in [4.69, 9.17) is 24.7 Å². The number of rotatable bonds is 9. The highest BCUT2D eigenvalue weighted by Gasteiger charge is 2.43. The number of methoxy groups -OCH3 is 4. The Balaban J connectivity index is 1.85. The first-order valence-corrected chi connectivity index (χ1v) is 13.0. The zero-order valence-electron chi connectivity index (χ0n) is 24.0. The minimum atomic E-state index is -1.03. The maximum Gasteiger partial charge on any atom is 0.355 e. The molecule has 220 valence electrons. The fourth-order valence-corrected chi connectivity index (χ4v) is 4.89. The molecule has 0 fully saturated rings. The molecule has 0 saturated carbocycles. The first-order valence-electron chi connectivity index (χ1n) is 13.0. The second-order valence-electron chi connectivity index (χ2n) is 9.22. The average Bonchev–Trinajstić information content (AvgIpc) is 3.05. The van der Waals surface area contributed by atoms with E-state index in [0.717, 1.165) is 12.7 Å². The maximum atomic E-state index is 13.6. The Morgan fingerprint density at radius 2 is 1.53 bits per heavy atom. The van der Waals surface area contributed by atoms with Gasteiger partial charge in [0, 0.05) is 6.54 Å². The number of nitrogens with one attached hydrogen (secondary N) is 1. The van der Waals surface area contributed by atoms with Gasteiger partial charge in [-0.05, 0) is 35.4 Å². The van der Waals surface area contributed by atoms with Crippen molar-refractivity contribution in [1.29, 1.82) is 5.26 Å². The summed E-state index contributed by atoms with van der Waals surface area (Å²) in [6.45, 7) is 0.130. The van der Waals surface area contributed by atoms with Gasteiger partial charge in [-0.1, -0.05) is 48.5 Å². The standard InChI is InChI=1S/C32H30N4O7/c1-40-24-15-14-19(16-25(24)41-2)18-35-30(37)21-12-8-9-13-23(21)36-28(32(39)43-4)27(31(38)42-3)26(22(17-33)29(36)34)20-10-6-5-7-11-20/h5-16,26H,18,34H2,1-4H3,(H,35,37). The van der Waals surface area contributed by atoms with Gasteiger partial charge in [-0.3, -0.25) is 9.69 Å². The van der Waals surface area contributed by atoms with Crippen LogP contribution < -0.4 is 25.4 Å². The van der Waals surface area contributed by atoms with Crippen LogP contribution in [-0.4, -0.2) is 46.3 Å². The Hall–Kier alpha value is -5.76. The molecule has 1 aliphatic heterocycles. The number of para-hydroxylation sites is 1. The van der Waals surface area contributed by atoms with Crippen molar-refractivity contribution in [3.63, 3.8) is 0 Å². The lowest BCUT2D eigenvalue weighted by molar-refractivity contribution is -0.139. The average molecular weight is 583 g/mol. The summed E-state index contributed by atoms with van der Waals surface area (Å²) >= 11 is 0. The zero-order chi connectivity index (χ0) is 31.1. The third-order valence-electron chi connectivity index (χ3n) is 6.90. The van der Waals surface area contributed by atoms with Gasteiger partial charge in [-0.15, -0.1) is 0 Å². The summed E-state index contributed by atoms with van der Waals surface area (Å²) in [5.74, 6) is -2.43. The van der Waals surface area contributed by atoms with E-state index in [1.165, 1.54) is 32.3 Å². The van der Waals surface area contributed by atoms with Gasteiger partial charge < -0.3 is 30.0 Å². The monoisotopic (exact) mass is 582 g/mol. The molecule has 0 aliphatic carbocycles. The topological polar surface area (TPSA) is 153 Å². The van der Waals surface area contributed by atoms with Crippen LogP contribution in [0.25, 0.3) is 0 Å². The predicted molar refractivity (Wildman–Crippen MR) is 157 cm³/mol. The minimum Gasteiger partial charge on any atom is -0.493 e.